The highest BCUT2D eigenvalue weighted by molar-refractivity contribution is 5.76. The van der Waals surface area contributed by atoms with Gasteiger partial charge in [-0.05, 0) is 32.9 Å². The lowest BCUT2D eigenvalue weighted by Gasteiger charge is -2.31. The van der Waals surface area contributed by atoms with Crippen LogP contribution in [0, 0.1) is 6.92 Å². The van der Waals surface area contributed by atoms with Gasteiger partial charge in [-0.15, -0.1) is 0 Å². The quantitative estimate of drug-likeness (QED) is 0.768. The number of furan rings is 1. The van der Waals surface area contributed by atoms with E-state index in [0.29, 0.717) is 6.54 Å². The van der Waals surface area contributed by atoms with Crippen molar-refractivity contribution in [3.8, 4) is 0 Å². The third-order valence-electron chi connectivity index (χ3n) is 2.71. The van der Waals surface area contributed by atoms with Crippen molar-refractivity contribution in [3.63, 3.8) is 0 Å². The van der Waals surface area contributed by atoms with Crippen LogP contribution in [0.15, 0.2) is 16.5 Å². The van der Waals surface area contributed by atoms with Crippen molar-refractivity contribution >= 4 is 5.91 Å². The minimum atomic E-state index is -0.361. The first-order valence-electron chi connectivity index (χ1n) is 5.76. The van der Waals surface area contributed by atoms with Crippen LogP contribution in [0.3, 0.4) is 0 Å². The van der Waals surface area contributed by atoms with Gasteiger partial charge < -0.3 is 15.9 Å². The first-order chi connectivity index (χ1) is 7.95. The maximum Gasteiger partial charge on any atom is 0.231 e. The summed E-state index contributed by atoms with van der Waals surface area (Å²) in [5, 5.41) is 0. The summed E-state index contributed by atoms with van der Waals surface area (Å²) in [6.07, 6.45) is 0. The predicted octanol–water partition coefficient (Wildman–Crippen LogP) is 0.784. The summed E-state index contributed by atoms with van der Waals surface area (Å²) < 4.78 is 5.58. The zero-order chi connectivity index (χ0) is 13.0. The van der Waals surface area contributed by atoms with Gasteiger partial charge in [-0.3, -0.25) is 9.69 Å². The van der Waals surface area contributed by atoms with Crippen LogP contribution in [0.25, 0.3) is 0 Å². The molecule has 0 aromatic carbocycles. The molecule has 5 heteroatoms. The highest BCUT2D eigenvalue weighted by Gasteiger charge is 2.25. The SMILES string of the molecule is Cc1ccc(C(CN)N(CC(N)=O)C(C)C)o1. The molecule has 0 aliphatic carbocycles. The number of rotatable bonds is 6. The molecule has 0 radical (unpaired) electrons. The molecule has 1 rings (SSSR count). The van der Waals surface area contributed by atoms with Crippen LogP contribution in [-0.2, 0) is 4.79 Å². The molecule has 0 spiro atoms. The van der Waals surface area contributed by atoms with Crippen molar-refractivity contribution < 1.29 is 9.21 Å². The van der Waals surface area contributed by atoms with Crippen LogP contribution < -0.4 is 11.5 Å². The van der Waals surface area contributed by atoms with Gasteiger partial charge in [0.15, 0.2) is 0 Å². The van der Waals surface area contributed by atoms with Crippen LogP contribution in [0.1, 0.15) is 31.4 Å². The Balaban J connectivity index is 2.92. The molecule has 0 fully saturated rings. The highest BCUT2D eigenvalue weighted by atomic mass is 16.3. The van der Waals surface area contributed by atoms with E-state index in [9.17, 15) is 4.79 Å². The summed E-state index contributed by atoms with van der Waals surface area (Å²) in [6, 6.07) is 3.84. The van der Waals surface area contributed by atoms with Gasteiger partial charge >= 0.3 is 0 Å². The van der Waals surface area contributed by atoms with E-state index in [-0.39, 0.29) is 24.5 Å². The van der Waals surface area contributed by atoms with Gasteiger partial charge in [0, 0.05) is 12.6 Å². The van der Waals surface area contributed by atoms with Crippen LogP contribution >= 0.6 is 0 Å². The number of carbonyl (C=O) groups is 1. The van der Waals surface area contributed by atoms with Crippen LogP contribution in [0.4, 0.5) is 0 Å². The lowest BCUT2D eigenvalue weighted by Crippen LogP contribution is -2.43. The van der Waals surface area contributed by atoms with E-state index in [0.717, 1.165) is 11.5 Å². The first kappa shape index (κ1) is 13.7. The molecular weight excluding hydrogens is 218 g/mol. The van der Waals surface area contributed by atoms with E-state index in [1.165, 1.54) is 0 Å². The molecule has 5 nitrogen and oxygen atoms in total. The standard InChI is InChI=1S/C12H21N3O2/c1-8(2)15(7-12(14)16)10(6-13)11-5-4-9(3)17-11/h4-5,8,10H,6-7,13H2,1-3H3,(H2,14,16). The largest absolute Gasteiger partial charge is 0.465 e. The summed E-state index contributed by atoms with van der Waals surface area (Å²) in [6.45, 7) is 6.45. The van der Waals surface area contributed by atoms with Crippen LogP contribution in [0.2, 0.25) is 0 Å². The Morgan fingerprint density at radius 1 is 1.47 bits per heavy atom. The Morgan fingerprint density at radius 2 is 2.12 bits per heavy atom. The molecule has 1 unspecified atom stereocenters. The second kappa shape index (κ2) is 5.84. The molecule has 0 saturated heterocycles. The van der Waals surface area contributed by atoms with Gasteiger partial charge in [-0.25, -0.2) is 0 Å². The fourth-order valence-electron chi connectivity index (χ4n) is 1.88. The summed E-state index contributed by atoms with van der Waals surface area (Å²) in [5.74, 6) is 1.25. The van der Waals surface area contributed by atoms with E-state index < -0.39 is 0 Å². The van der Waals surface area contributed by atoms with E-state index in [1.54, 1.807) is 0 Å². The van der Waals surface area contributed by atoms with Crippen molar-refractivity contribution in [2.75, 3.05) is 13.1 Å². The van der Waals surface area contributed by atoms with E-state index in [2.05, 4.69) is 0 Å². The van der Waals surface area contributed by atoms with Crippen molar-refractivity contribution in [3.05, 3.63) is 23.7 Å². The lowest BCUT2D eigenvalue weighted by molar-refractivity contribution is -0.120. The molecule has 0 bridgehead atoms. The Hall–Kier alpha value is -1.33. The second-order valence-electron chi connectivity index (χ2n) is 4.43. The Morgan fingerprint density at radius 3 is 2.47 bits per heavy atom. The number of aryl methyl sites for hydroxylation is 1. The normalized spacial score (nSPS) is 13.3. The predicted molar refractivity (Wildman–Crippen MR) is 66.3 cm³/mol. The number of amides is 1. The molecule has 1 aromatic heterocycles. The minimum Gasteiger partial charge on any atom is -0.465 e. The molecule has 17 heavy (non-hydrogen) atoms. The molecule has 0 aliphatic heterocycles. The number of nitrogens with two attached hydrogens (primary N) is 2. The molecule has 1 amide bonds. The third-order valence-corrected chi connectivity index (χ3v) is 2.71. The Kier molecular flexibility index (Phi) is 4.72. The molecular formula is C12H21N3O2. The topological polar surface area (TPSA) is 85.5 Å². The van der Waals surface area contributed by atoms with Crippen LogP contribution in [0.5, 0.6) is 0 Å². The zero-order valence-electron chi connectivity index (χ0n) is 10.6. The fourth-order valence-corrected chi connectivity index (χ4v) is 1.88. The molecule has 4 N–H and O–H groups in total. The average Bonchev–Trinajstić information content (AvgIpc) is 2.64. The average molecular weight is 239 g/mol. The summed E-state index contributed by atoms with van der Waals surface area (Å²) >= 11 is 0. The van der Waals surface area contributed by atoms with Crippen LogP contribution in [-0.4, -0.2) is 29.9 Å². The van der Waals surface area contributed by atoms with E-state index >= 15 is 0 Å². The van der Waals surface area contributed by atoms with Gasteiger partial charge in [0.1, 0.15) is 11.5 Å². The molecule has 0 saturated carbocycles. The molecule has 0 aliphatic rings. The maximum absolute atomic E-state index is 11.1. The smallest absolute Gasteiger partial charge is 0.231 e. The summed E-state index contributed by atoms with van der Waals surface area (Å²) in [4.78, 5) is 13.0. The molecule has 1 aromatic rings. The highest BCUT2D eigenvalue weighted by Crippen LogP contribution is 2.23. The van der Waals surface area contributed by atoms with Gasteiger partial charge in [-0.2, -0.15) is 0 Å². The second-order valence-corrected chi connectivity index (χ2v) is 4.43. The van der Waals surface area contributed by atoms with Crippen molar-refractivity contribution in [1.29, 1.82) is 0 Å². The zero-order valence-corrected chi connectivity index (χ0v) is 10.6. The van der Waals surface area contributed by atoms with Crippen molar-refractivity contribution in [2.24, 2.45) is 11.5 Å². The van der Waals surface area contributed by atoms with E-state index in [4.69, 9.17) is 15.9 Å². The molecule has 1 atom stereocenters. The maximum atomic E-state index is 11.1. The Labute approximate surface area is 102 Å². The minimum absolute atomic E-state index is 0.115. The molecule has 1 heterocycles. The Bertz CT molecular complexity index is 374. The summed E-state index contributed by atoms with van der Waals surface area (Å²) in [7, 11) is 0. The number of hydrogen-bond donors (Lipinski definition) is 2. The number of nitrogens with zero attached hydrogens (tertiary/aromatic N) is 1. The van der Waals surface area contributed by atoms with Gasteiger partial charge in [0.2, 0.25) is 5.91 Å². The third kappa shape index (κ3) is 3.57. The van der Waals surface area contributed by atoms with Crippen molar-refractivity contribution in [1.82, 2.24) is 4.90 Å². The number of hydrogen-bond acceptors (Lipinski definition) is 4. The van der Waals surface area contributed by atoms with Crippen molar-refractivity contribution in [2.45, 2.75) is 32.9 Å². The number of primary amides is 1. The van der Waals surface area contributed by atoms with Gasteiger partial charge in [-0.1, -0.05) is 0 Å². The van der Waals surface area contributed by atoms with Gasteiger partial charge in [0.05, 0.1) is 12.6 Å². The lowest BCUT2D eigenvalue weighted by atomic mass is 10.1. The monoisotopic (exact) mass is 239 g/mol. The summed E-state index contributed by atoms with van der Waals surface area (Å²) in [5.41, 5.74) is 11.0. The van der Waals surface area contributed by atoms with E-state index in [1.807, 2.05) is 37.8 Å². The van der Waals surface area contributed by atoms with Gasteiger partial charge in [0.25, 0.3) is 0 Å². The fraction of sp³-hybridized carbons (Fsp3) is 0.583. The first-order valence-corrected chi connectivity index (χ1v) is 5.76. The molecule has 96 valence electrons. The number of carbonyl (C=O) groups excluding carboxylic acids is 1.